The Labute approximate surface area is 194 Å². The van der Waals surface area contributed by atoms with Gasteiger partial charge >= 0.3 is 6.03 Å². The van der Waals surface area contributed by atoms with Crippen LogP contribution in [0.15, 0.2) is 79.3 Å². The molecule has 0 aliphatic carbocycles. The van der Waals surface area contributed by atoms with Crippen LogP contribution in [0.2, 0.25) is 0 Å². The van der Waals surface area contributed by atoms with E-state index in [0.29, 0.717) is 28.7 Å². The number of nitrogens with zero attached hydrogens (tertiary/aromatic N) is 2. The number of imidazole rings is 1. The highest BCUT2D eigenvalue weighted by molar-refractivity contribution is 5.93. The quantitative estimate of drug-likeness (QED) is 0.319. The Morgan fingerprint density at radius 3 is 2.38 bits per heavy atom. The number of carbonyl (C=O) groups is 2. The van der Waals surface area contributed by atoms with Crippen molar-refractivity contribution in [1.82, 2.24) is 20.3 Å². The van der Waals surface area contributed by atoms with Crippen molar-refractivity contribution in [1.29, 1.82) is 0 Å². The van der Waals surface area contributed by atoms with Crippen LogP contribution in [0.3, 0.4) is 0 Å². The highest BCUT2D eigenvalue weighted by Crippen LogP contribution is 2.25. The number of nitrogens with one attached hydrogen (secondary N) is 3. The zero-order valence-electron chi connectivity index (χ0n) is 17.9. The average Bonchev–Trinajstić information content (AvgIpc) is 3.34. The molecule has 0 saturated heterocycles. The first-order valence-corrected chi connectivity index (χ1v) is 10.3. The summed E-state index contributed by atoms with van der Waals surface area (Å²) in [6, 6.07) is 16.5. The number of nitrogens with two attached hydrogens (primary N) is 1. The molecule has 1 atom stereocenters. The van der Waals surface area contributed by atoms with Crippen LogP contribution in [0.25, 0.3) is 11.3 Å². The summed E-state index contributed by atoms with van der Waals surface area (Å²) < 4.78 is 18.7. The topological polar surface area (TPSA) is 135 Å². The van der Waals surface area contributed by atoms with Crippen LogP contribution < -0.4 is 21.1 Å². The van der Waals surface area contributed by atoms with E-state index < -0.39 is 18.0 Å². The van der Waals surface area contributed by atoms with Gasteiger partial charge in [0.15, 0.2) is 0 Å². The average molecular weight is 460 g/mol. The van der Waals surface area contributed by atoms with Gasteiger partial charge < -0.3 is 20.8 Å². The largest absolute Gasteiger partial charge is 0.457 e. The molecule has 34 heavy (non-hydrogen) atoms. The predicted octanol–water partition coefficient (Wildman–Crippen LogP) is 3.62. The summed E-state index contributed by atoms with van der Waals surface area (Å²) in [5.41, 5.74) is 7.48. The van der Waals surface area contributed by atoms with Crippen molar-refractivity contribution in [3.8, 4) is 22.8 Å². The molecule has 4 rings (SSSR count). The summed E-state index contributed by atoms with van der Waals surface area (Å²) in [7, 11) is 0. The number of pyridine rings is 1. The van der Waals surface area contributed by atoms with E-state index in [1.54, 1.807) is 48.7 Å². The maximum Gasteiger partial charge on any atom is 0.321 e. The van der Waals surface area contributed by atoms with Crippen LogP contribution in [0.5, 0.6) is 11.5 Å². The van der Waals surface area contributed by atoms with E-state index in [9.17, 15) is 14.0 Å². The van der Waals surface area contributed by atoms with E-state index in [1.165, 1.54) is 18.5 Å². The maximum absolute atomic E-state index is 13.0. The van der Waals surface area contributed by atoms with Crippen LogP contribution >= 0.6 is 0 Å². The van der Waals surface area contributed by atoms with Gasteiger partial charge in [-0.25, -0.2) is 19.2 Å². The molecule has 0 bridgehead atoms. The molecule has 2 heterocycles. The summed E-state index contributed by atoms with van der Waals surface area (Å²) in [4.78, 5) is 35.3. The number of hydrogen-bond donors (Lipinski definition) is 4. The van der Waals surface area contributed by atoms with Crippen LogP contribution in [0, 0.1) is 5.82 Å². The lowest BCUT2D eigenvalue weighted by Crippen LogP contribution is -2.47. The van der Waals surface area contributed by atoms with Crippen LogP contribution in [0.4, 0.5) is 15.0 Å². The van der Waals surface area contributed by atoms with Crippen molar-refractivity contribution in [2.24, 2.45) is 5.73 Å². The van der Waals surface area contributed by atoms with Gasteiger partial charge in [-0.3, -0.25) is 10.1 Å². The summed E-state index contributed by atoms with van der Waals surface area (Å²) in [5.74, 6) is 0.393. The number of urea groups is 1. The molecule has 4 aromatic rings. The molecule has 10 heteroatoms. The van der Waals surface area contributed by atoms with Crippen molar-refractivity contribution in [3.05, 3.63) is 90.8 Å². The first kappa shape index (κ1) is 22.5. The molecule has 0 saturated carbocycles. The normalized spacial score (nSPS) is 11.4. The van der Waals surface area contributed by atoms with E-state index in [2.05, 4.69) is 25.6 Å². The lowest BCUT2D eigenvalue weighted by molar-refractivity contribution is -0.119. The molecule has 3 amide bonds. The fourth-order valence-corrected chi connectivity index (χ4v) is 3.15. The van der Waals surface area contributed by atoms with E-state index in [0.717, 1.165) is 5.56 Å². The fraction of sp³-hybridized carbons (Fsp3) is 0.0833. The molecule has 0 aliphatic rings. The molecule has 0 fully saturated rings. The number of carbonyl (C=O) groups excluding carboxylic acids is 2. The SMILES string of the molecule is NC(=O)[C@@H](Cc1cnc[nH]1)NC(=O)Nc1cccc(-c2ccc(Oc3ccc(F)cc3)cc2)n1. The smallest absolute Gasteiger partial charge is 0.321 e. The lowest BCUT2D eigenvalue weighted by atomic mass is 10.1. The number of aromatic amines is 1. The van der Waals surface area contributed by atoms with Crippen molar-refractivity contribution >= 4 is 17.8 Å². The number of halogens is 1. The Bertz CT molecular complexity index is 1260. The van der Waals surface area contributed by atoms with E-state index >= 15 is 0 Å². The summed E-state index contributed by atoms with van der Waals surface area (Å²) in [5, 5.41) is 5.16. The number of rotatable bonds is 8. The Morgan fingerprint density at radius 1 is 1.03 bits per heavy atom. The van der Waals surface area contributed by atoms with Crippen molar-refractivity contribution in [2.45, 2.75) is 12.5 Å². The molecule has 0 radical (unpaired) electrons. The van der Waals surface area contributed by atoms with Gasteiger partial charge in [0.25, 0.3) is 0 Å². The lowest BCUT2D eigenvalue weighted by Gasteiger charge is -2.15. The van der Waals surface area contributed by atoms with Crippen LogP contribution in [-0.4, -0.2) is 32.9 Å². The first-order chi connectivity index (χ1) is 16.5. The minimum Gasteiger partial charge on any atom is -0.457 e. The van der Waals surface area contributed by atoms with Gasteiger partial charge in [0.2, 0.25) is 5.91 Å². The molecule has 9 nitrogen and oxygen atoms in total. The number of benzene rings is 2. The zero-order chi connectivity index (χ0) is 23.9. The second-order valence-electron chi connectivity index (χ2n) is 7.32. The molecule has 172 valence electrons. The fourth-order valence-electron chi connectivity index (χ4n) is 3.15. The van der Waals surface area contributed by atoms with Gasteiger partial charge in [0.05, 0.1) is 12.0 Å². The number of hydrogen-bond acceptors (Lipinski definition) is 5. The third-order valence-corrected chi connectivity index (χ3v) is 4.82. The van der Waals surface area contributed by atoms with Crippen molar-refractivity contribution < 1.29 is 18.7 Å². The molecule has 2 aromatic carbocycles. The van der Waals surface area contributed by atoms with Gasteiger partial charge in [0.1, 0.15) is 29.2 Å². The standard InChI is InChI=1S/C24H21FN6O3/c25-16-6-10-19(11-7-16)34-18-8-4-15(5-9-18)20-2-1-3-22(29-20)31-24(33)30-21(23(26)32)12-17-13-27-14-28-17/h1-11,13-14,21H,12H2,(H2,26,32)(H,27,28)(H2,29,30,31,33)/t21-/m1/s1. The molecule has 0 unspecified atom stereocenters. The Kier molecular flexibility index (Phi) is 6.78. The number of anilines is 1. The minimum absolute atomic E-state index is 0.183. The Morgan fingerprint density at radius 2 is 1.74 bits per heavy atom. The molecular weight excluding hydrogens is 439 g/mol. The third kappa shape index (κ3) is 5.94. The Hall–Kier alpha value is -4.73. The number of H-pyrrole nitrogens is 1. The van der Waals surface area contributed by atoms with E-state index in [1.807, 2.05) is 12.1 Å². The second kappa shape index (κ2) is 10.3. The number of aromatic nitrogens is 3. The summed E-state index contributed by atoms with van der Waals surface area (Å²) >= 11 is 0. The molecule has 0 spiro atoms. The summed E-state index contributed by atoms with van der Waals surface area (Å²) in [6.45, 7) is 0. The minimum atomic E-state index is -0.919. The monoisotopic (exact) mass is 460 g/mol. The van der Waals surface area contributed by atoms with Crippen LogP contribution in [0.1, 0.15) is 5.69 Å². The first-order valence-electron chi connectivity index (χ1n) is 10.3. The van der Waals surface area contributed by atoms with Gasteiger partial charge in [-0.15, -0.1) is 0 Å². The molecule has 0 aliphatic heterocycles. The molecule has 2 aromatic heterocycles. The van der Waals surface area contributed by atoms with E-state index in [-0.39, 0.29) is 12.2 Å². The second-order valence-corrected chi connectivity index (χ2v) is 7.32. The number of ether oxygens (including phenoxy) is 1. The predicted molar refractivity (Wildman–Crippen MR) is 124 cm³/mol. The number of amides is 3. The van der Waals surface area contributed by atoms with Crippen molar-refractivity contribution in [3.63, 3.8) is 0 Å². The molecular formula is C24H21FN6O3. The summed E-state index contributed by atoms with van der Waals surface area (Å²) in [6.07, 6.45) is 3.21. The van der Waals surface area contributed by atoms with Gasteiger partial charge in [-0.2, -0.15) is 0 Å². The third-order valence-electron chi connectivity index (χ3n) is 4.82. The van der Waals surface area contributed by atoms with Crippen LogP contribution in [-0.2, 0) is 11.2 Å². The van der Waals surface area contributed by atoms with Gasteiger partial charge in [0, 0.05) is 23.9 Å². The molecule has 5 N–H and O–H groups in total. The maximum atomic E-state index is 13.0. The Balaban J connectivity index is 1.39. The highest BCUT2D eigenvalue weighted by atomic mass is 19.1. The van der Waals surface area contributed by atoms with E-state index in [4.69, 9.17) is 10.5 Å². The number of primary amides is 1. The van der Waals surface area contributed by atoms with Gasteiger partial charge in [-0.1, -0.05) is 6.07 Å². The van der Waals surface area contributed by atoms with Crippen molar-refractivity contribution in [2.75, 3.05) is 5.32 Å². The highest BCUT2D eigenvalue weighted by Gasteiger charge is 2.19. The van der Waals surface area contributed by atoms with Gasteiger partial charge in [-0.05, 0) is 60.7 Å². The zero-order valence-corrected chi connectivity index (χ0v) is 17.9.